The van der Waals surface area contributed by atoms with E-state index in [1.165, 1.54) is 32.6 Å². The summed E-state index contributed by atoms with van der Waals surface area (Å²) in [5.74, 6) is 1.59. The first-order chi connectivity index (χ1) is 13.1. The lowest BCUT2D eigenvalue weighted by Crippen LogP contribution is -2.50. The lowest BCUT2D eigenvalue weighted by Gasteiger charge is -2.34. The van der Waals surface area contributed by atoms with E-state index >= 15 is 0 Å². The van der Waals surface area contributed by atoms with Gasteiger partial charge < -0.3 is 25.2 Å². The van der Waals surface area contributed by atoms with Gasteiger partial charge in [-0.05, 0) is 45.4 Å². The van der Waals surface area contributed by atoms with Crippen LogP contribution in [0.15, 0.2) is 4.99 Å². The summed E-state index contributed by atoms with van der Waals surface area (Å²) < 4.78 is 5.91. The normalized spacial score (nSPS) is 23.3. The summed E-state index contributed by atoms with van der Waals surface area (Å²) >= 11 is 0. The van der Waals surface area contributed by atoms with Crippen LogP contribution in [0.3, 0.4) is 0 Å². The molecule has 0 spiro atoms. The Labute approximate surface area is 189 Å². The molecule has 2 aliphatic heterocycles. The van der Waals surface area contributed by atoms with Crippen LogP contribution in [-0.4, -0.2) is 113 Å². The van der Waals surface area contributed by atoms with Crippen LogP contribution in [0.25, 0.3) is 0 Å². The standard InChI is InChI=1S/C20H42N6O.HI/c1-18(2)16-26-13-14-27-19(17-26)15-23-20(21-3)22-7-5-9-25-10-6-8-24(4)11-12-25;/h18-19H,5-17H2,1-4H3,(H2,21,22,23);1H. The number of guanidine groups is 1. The third-order valence-corrected chi connectivity index (χ3v) is 5.32. The van der Waals surface area contributed by atoms with E-state index in [0.29, 0.717) is 5.92 Å². The second-order valence-electron chi connectivity index (χ2n) is 8.38. The molecule has 0 amide bonds. The molecule has 166 valence electrons. The maximum atomic E-state index is 5.91. The SMILES string of the molecule is CN=C(NCCCN1CCCN(C)CC1)NCC1CN(CC(C)C)CCO1.I. The molecule has 1 unspecified atom stereocenters. The fraction of sp³-hybridized carbons (Fsp3) is 0.950. The van der Waals surface area contributed by atoms with Gasteiger partial charge in [-0.25, -0.2) is 0 Å². The Hall–Kier alpha value is -0.160. The highest BCUT2D eigenvalue weighted by molar-refractivity contribution is 14.0. The molecule has 2 saturated heterocycles. The Balaban J connectivity index is 0.00000392. The summed E-state index contributed by atoms with van der Waals surface area (Å²) in [6.07, 6.45) is 2.67. The number of aliphatic imine (C=N–C) groups is 1. The van der Waals surface area contributed by atoms with Gasteiger partial charge in [-0.3, -0.25) is 9.89 Å². The molecule has 0 bridgehead atoms. The lowest BCUT2D eigenvalue weighted by molar-refractivity contribution is -0.0284. The highest BCUT2D eigenvalue weighted by Crippen LogP contribution is 2.07. The topological polar surface area (TPSA) is 55.4 Å². The predicted octanol–water partition coefficient (Wildman–Crippen LogP) is 1.15. The maximum Gasteiger partial charge on any atom is 0.191 e. The van der Waals surface area contributed by atoms with Gasteiger partial charge in [0.2, 0.25) is 0 Å². The van der Waals surface area contributed by atoms with Crippen molar-refractivity contribution in [2.24, 2.45) is 10.9 Å². The molecule has 0 aromatic rings. The van der Waals surface area contributed by atoms with Gasteiger partial charge in [0.1, 0.15) is 0 Å². The van der Waals surface area contributed by atoms with Crippen LogP contribution in [0, 0.1) is 5.92 Å². The van der Waals surface area contributed by atoms with Gasteiger partial charge in [0.15, 0.2) is 5.96 Å². The van der Waals surface area contributed by atoms with Gasteiger partial charge >= 0.3 is 0 Å². The average Bonchev–Trinajstić information content (AvgIpc) is 2.85. The van der Waals surface area contributed by atoms with Gasteiger partial charge in [-0.2, -0.15) is 0 Å². The molecule has 2 fully saturated rings. The predicted molar refractivity (Wildman–Crippen MR) is 129 cm³/mol. The molecule has 0 radical (unpaired) electrons. The Morgan fingerprint density at radius 2 is 1.93 bits per heavy atom. The summed E-state index contributed by atoms with van der Waals surface area (Å²) in [7, 11) is 4.06. The summed E-state index contributed by atoms with van der Waals surface area (Å²) in [4.78, 5) is 11.9. The Bertz CT molecular complexity index is 437. The van der Waals surface area contributed by atoms with Gasteiger partial charge in [0.25, 0.3) is 0 Å². The van der Waals surface area contributed by atoms with Crippen molar-refractivity contribution in [3.05, 3.63) is 0 Å². The second-order valence-corrected chi connectivity index (χ2v) is 8.38. The number of hydrogen-bond acceptors (Lipinski definition) is 5. The molecule has 0 aromatic heterocycles. The number of rotatable bonds is 8. The average molecular weight is 511 g/mol. The first kappa shape index (κ1) is 25.9. The molecular formula is C20H43IN6O. The Kier molecular flexibility index (Phi) is 13.6. The minimum absolute atomic E-state index is 0. The third kappa shape index (κ3) is 10.6. The number of nitrogens with one attached hydrogen (secondary N) is 2. The first-order valence-electron chi connectivity index (χ1n) is 10.8. The summed E-state index contributed by atoms with van der Waals surface area (Å²) in [6, 6.07) is 0. The molecule has 8 heteroatoms. The van der Waals surface area contributed by atoms with E-state index in [4.69, 9.17) is 4.74 Å². The van der Waals surface area contributed by atoms with Crippen molar-refractivity contribution in [1.29, 1.82) is 0 Å². The van der Waals surface area contributed by atoms with Crippen molar-refractivity contribution in [2.45, 2.75) is 32.8 Å². The smallest absolute Gasteiger partial charge is 0.191 e. The Morgan fingerprint density at radius 1 is 1.11 bits per heavy atom. The van der Waals surface area contributed by atoms with E-state index in [9.17, 15) is 0 Å². The highest BCUT2D eigenvalue weighted by Gasteiger charge is 2.21. The summed E-state index contributed by atoms with van der Waals surface area (Å²) in [5, 5.41) is 6.88. The van der Waals surface area contributed by atoms with Crippen molar-refractivity contribution in [3.63, 3.8) is 0 Å². The van der Waals surface area contributed by atoms with Crippen LogP contribution in [0.1, 0.15) is 26.7 Å². The zero-order chi connectivity index (χ0) is 19.5. The molecule has 2 N–H and O–H groups in total. The van der Waals surface area contributed by atoms with E-state index in [-0.39, 0.29) is 30.1 Å². The fourth-order valence-corrected chi connectivity index (χ4v) is 3.85. The molecule has 7 nitrogen and oxygen atoms in total. The molecule has 1 atom stereocenters. The van der Waals surface area contributed by atoms with E-state index in [0.717, 1.165) is 58.3 Å². The monoisotopic (exact) mass is 510 g/mol. The summed E-state index contributed by atoms with van der Waals surface area (Å²) in [5.41, 5.74) is 0. The second kappa shape index (κ2) is 14.8. The first-order valence-corrected chi connectivity index (χ1v) is 10.8. The fourth-order valence-electron chi connectivity index (χ4n) is 3.85. The zero-order valence-electron chi connectivity index (χ0n) is 18.5. The van der Waals surface area contributed by atoms with Crippen molar-refractivity contribution < 1.29 is 4.74 Å². The number of nitrogens with zero attached hydrogens (tertiary/aromatic N) is 4. The molecule has 2 rings (SSSR count). The van der Waals surface area contributed by atoms with Crippen LogP contribution < -0.4 is 10.6 Å². The van der Waals surface area contributed by atoms with Crippen LogP contribution in [0.5, 0.6) is 0 Å². The molecule has 2 heterocycles. The number of morpholine rings is 1. The zero-order valence-corrected chi connectivity index (χ0v) is 20.8. The van der Waals surface area contributed by atoms with Crippen molar-refractivity contribution in [2.75, 3.05) is 86.1 Å². The maximum absolute atomic E-state index is 5.91. The molecule has 28 heavy (non-hydrogen) atoms. The highest BCUT2D eigenvalue weighted by atomic mass is 127. The van der Waals surface area contributed by atoms with Gasteiger partial charge in [0, 0.05) is 52.9 Å². The van der Waals surface area contributed by atoms with E-state index in [1.807, 2.05) is 7.05 Å². The third-order valence-electron chi connectivity index (χ3n) is 5.32. The van der Waals surface area contributed by atoms with Gasteiger partial charge in [-0.15, -0.1) is 24.0 Å². The van der Waals surface area contributed by atoms with Crippen molar-refractivity contribution >= 4 is 29.9 Å². The number of halogens is 1. The van der Waals surface area contributed by atoms with Crippen LogP contribution in [0.2, 0.25) is 0 Å². The number of likely N-dealkylation sites (N-methyl/N-ethyl adjacent to an activating group) is 1. The minimum atomic E-state index is 0. The number of hydrogen-bond donors (Lipinski definition) is 2. The minimum Gasteiger partial charge on any atom is -0.374 e. The van der Waals surface area contributed by atoms with Crippen molar-refractivity contribution in [3.8, 4) is 0 Å². The Morgan fingerprint density at radius 3 is 2.68 bits per heavy atom. The molecule has 0 aromatic carbocycles. The molecule has 0 aliphatic carbocycles. The summed E-state index contributed by atoms with van der Waals surface area (Å²) in [6.45, 7) is 16.3. The van der Waals surface area contributed by atoms with E-state index in [1.54, 1.807) is 0 Å². The molecule has 2 aliphatic rings. The van der Waals surface area contributed by atoms with Crippen molar-refractivity contribution in [1.82, 2.24) is 25.3 Å². The largest absolute Gasteiger partial charge is 0.374 e. The number of ether oxygens (including phenoxy) is 1. The molecule has 0 saturated carbocycles. The van der Waals surface area contributed by atoms with E-state index < -0.39 is 0 Å². The van der Waals surface area contributed by atoms with Crippen LogP contribution in [-0.2, 0) is 4.74 Å². The molecular weight excluding hydrogens is 467 g/mol. The van der Waals surface area contributed by atoms with Gasteiger partial charge in [-0.1, -0.05) is 13.8 Å². The lowest BCUT2D eigenvalue weighted by atomic mass is 10.2. The van der Waals surface area contributed by atoms with Gasteiger partial charge in [0.05, 0.1) is 12.7 Å². The van der Waals surface area contributed by atoms with E-state index in [2.05, 4.69) is 51.2 Å². The quantitative estimate of drug-likeness (QED) is 0.221. The van der Waals surface area contributed by atoms with Crippen LogP contribution >= 0.6 is 24.0 Å². The van der Waals surface area contributed by atoms with Crippen LogP contribution in [0.4, 0.5) is 0 Å².